The van der Waals surface area contributed by atoms with Gasteiger partial charge in [0.2, 0.25) is 11.8 Å². The van der Waals surface area contributed by atoms with E-state index in [4.69, 9.17) is 5.10 Å². The summed E-state index contributed by atoms with van der Waals surface area (Å²) < 4.78 is 33.2. The van der Waals surface area contributed by atoms with E-state index in [0.717, 1.165) is 41.2 Å². The third-order valence-corrected chi connectivity index (χ3v) is 12.8. The fourth-order valence-electron chi connectivity index (χ4n) is 9.48. The van der Waals surface area contributed by atoms with Gasteiger partial charge in [0.15, 0.2) is 5.82 Å². The second kappa shape index (κ2) is 17.1. The van der Waals surface area contributed by atoms with Crippen LogP contribution in [0.3, 0.4) is 0 Å². The van der Waals surface area contributed by atoms with E-state index in [1.807, 2.05) is 21.9 Å². The van der Waals surface area contributed by atoms with Crippen molar-refractivity contribution >= 4 is 45.8 Å². The molecule has 0 saturated carbocycles. The van der Waals surface area contributed by atoms with Crippen molar-refractivity contribution in [2.75, 3.05) is 42.9 Å². The standard InChI is InChI=1S/C44H51F2N11O5/c1-25(58)55-18-13-36-33(24-55)42(56-15-4-5-26-19-31(27-21-49-53(2)23-27)32(41(45)46)20-37(26)56)52-57(36)28-11-16-54(17-12-28)39(60)22-48-34-8-7-30(40-29(34)6-3-14-47-40)43(61)50-35-9-10-38(59)51-44(35)62/h3,6-8,14,19-21,23,25,28,35,41,44,48,58,62H,4-5,9-13,15-18,22,24H2,1-2H3,(H,50,61)(H,51,59). The van der Waals surface area contributed by atoms with Crippen molar-refractivity contribution in [2.45, 2.75) is 89.4 Å². The molecule has 0 bridgehead atoms. The highest BCUT2D eigenvalue weighted by atomic mass is 19.3. The van der Waals surface area contributed by atoms with Crippen LogP contribution in [0, 0.1) is 0 Å². The number of aryl methyl sites for hydroxylation is 2. The van der Waals surface area contributed by atoms with Crippen LogP contribution in [0.25, 0.3) is 22.0 Å². The van der Waals surface area contributed by atoms with Gasteiger partial charge in [0.1, 0.15) is 12.5 Å². The Bertz CT molecular complexity index is 2520. The summed E-state index contributed by atoms with van der Waals surface area (Å²) in [6, 6.07) is 9.84. The molecule has 2 fully saturated rings. The summed E-state index contributed by atoms with van der Waals surface area (Å²) in [6.07, 6.45) is 4.53. The summed E-state index contributed by atoms with van der Waals surface area (Å²) in [7, 11) is 1.77. The van der Waals surface area contributed by atoms with Crippen molar-refractivity contribution < 1.29 is 33.4 Å². The molecule has 4 aliphatic rings. The topological polar surface area (TPSA) is 186 Å². The molecule has 3 atom stereocenters. The molecular weight excluding hydrogens is 801 g/mol. The highest BCUT2D eigenvalue weighted by molar-refractivity contribution is 6.09. The van der Waals surface area contributed by atoms with Crippen LogP contribution in [0.4, 0.5) is 26.0 Å². The van der Waals surface area contributed by atoms with Crippen molar-refractivity contribution in [3.63, 3.8) is 0 Å². The number of halogens is 2. The van der Waals surface area contributed by atoms with E-state index >= 15 is 0 Å². The summed E-state index contributed by atoms with van der Waals surface area (Å²) in [4.78, 5) is 49.0. The number of aliphatic hydroxyl groups is 2. The number of likely N-dealkylation sites (tertiary alicyclic amines) is 1. The molecule has 4 aliphatic heterocycles. The number of anilines is 3. The molecule has 0 spiro atoms. The Labute approximate surface area is 356 Å². The van der Waals surface area contributed by atoms with Gasteiger partial charge in [-0.25, -0.2) is 8.78 Å². The lowest BCUT2D eigenvalue weighted by atomic mass is 9.92. The maximum atomic E-state index is 14.7. The number of piperidine rings is 2. The van der Waals surface area contributed by atoms with Gasteiger partial charge in [0, 0.05) is 104 Å². The number of aromatic nitrogens is 5. The molecule has 2 aromatic carbocycles. The predicted octanol–water partition coefficient (Wildman–Crippen LogP) is 4.15. The molecule has 62 heavy (non-hydrogen) atoms. The number of hydrogen-bond acceptors (Lipinski definition) is 11. The van der Waals surface area contributed by atoms with Crippen LogP contribution in [0.5, 0.6) is 0 Å². The predicted molar refractivity (Wildman–Crippen MR) is 227 cm³/mol. The van der Waals surface area contributed by atoms with Crippen molar-refractivity contribution in [3.05, 3.63) is 82.9 Å². The Morgan fingerprint density at radius 1 is 1.05 bits per heavy atom. The number of benzene rings is 2. The summed E-state index contributed by atoms with van der Waals surface area (Å²) in [5.74, 6) is -0.0409. The maximum Gasteiger partial charge on any atom is 0.264 e. The van der Waals surface area contributed by atoms with Gasteiger partial charge < -0.3 is 36.0 Å². The molecule has 0 radical (unpaired) electrons. The normalized spacial score (nSPS) is 20.2. The van der Waals surface area contributed by atoms with E-state index in [9.17, 15) is 33.4 Å². The van der Waals surface area contributed by atoms with Gasteiger partial charge in [0.25, 0.3) is 12.3 Å². The quantitative estimate of drug-likeness (QED) is 0.136. The number of nitrogens with zero attached hydrogens (tertiary/aromatic N) is 8. The molecule has 18 heteroatoms. The summed E-state index contributed by atoms with van der Waals surface area (Å²) in [5.41, 5.74) is 6.25. The number of carbonyl (C=O) groups excluding carboxylic acids is 3. The van der Waals surface area contributed by atoms with E-state index in [-0.39, 0.29) is 36.4 Å². The van der Waals surface area contributed by atoms with Gasteiger partial charge in [-0.2, -0.15) is 10.2 Å². The average Bonchev–Trinajstić information content (AvgIpc) is 3.89. The lowest BCUT2D eigenvalue weighted by molar-refractivity contribution is -0.130. The smallest absolute Gasteiger partial charge is 0.264 e. The van der Waals surface area contributed by atoms with Gasteiger partial charge in [-0.3, -0.25) is 33.6 Å². The molecule has 7 heterocycles. The molecule has 5 aromatic rings. The molecule has 2 saturated heterocycles. The minimum atomic E-state index is -2.69. The first-order chi connectivity index (χ1) is 29.9. The number of amides is 3. The number of alkyl halides is 2. The van der Waals surface area contributed by atoms with E-state index < -0.39 is 30.8 Å². The fourth-order valence-corrected chi connectivity index (χ4v) is 9.48. The molecule has 3 aromatic heterocycles. The first-order valence-corrected chi connectivity index (χ1v) is 21.3. The van der Waals surface area contributed by atoms with Crippen LogP contribution in [-0.2, 0) is 36.0 Å². The molecular formula is C44H51F2N11O5. The Balaban J connectivity index is 0.907. The van der Waals surface area contributed by atoms with E-state index in [0.29, 0.717) is 91.7 Å². The first-order valence-electron chi connectivity index (χ1n) is 21.3. The number of nitrogens with one attached hydrogen (secondary N) is 3. The molecule has 326 valence electrons. The van der Waals surface area contributed by atoms with Gasteiger partial charge >= 0.3 is 0 Å². The fraction of sp³-hybridized carbons (Fsp3) is 0.455. The molecule has 3 amide bonds. The summed E-state index contributed by atoms with van der Waals surface area (Å²) in [5, 5.41) is 39.6. The maximum absolute atomic E-state index is 14.7. The van der Waals surface area contributed by atoms with E-state index in [1.165, 1.54) is 0 Å². The van der Waals surface area contributed by atoms with Crippen LogP contribution >= 0.6 is 0 Å². The van der Waals surface area contributed by atoms with Crippen LogP contribution < -0.4 is 20.9 Å². The number of aliphatic hydroxyl groups excluding tert-OH is 2. The van der Waals surface area contributed by atoms with Crippen LogP contribution in [0.15, 0.2) is 55.0 Å². The summed E-state index contributed by atoms with van der Waals surface area (Å²) >= 11 is 0. The highest BCUT2D eigenvalue weighted by Crippen LogP contribution is 2.44. The Morgan fingerprint density at radius 2 is 1.87 bits per heavy atom. The number of hydrogen-bond donors (Lipinski definition) is 5. The lowest BCUT2D eigenvalue weighted by Crippen LogP contribution is -2.55. The summed E-state index contributed by atoms with van der Waals surface area (Å²) in [6.45, 7) is 4.57. The lowest BCUT2D eigenvalue weighted by Gasteiger charge is -2.35. The van der Waals surface area contributed by atoms with Gasteiger partial charge in [-0.05, 0) is 86.6 Å². The second-order valence-electron chi connectivity index (χ2n) is 16.7. The number of fused-ring (bicyclic) bond motifs is 3. The third kappa shape index (κ3) is 7.97. The largest absolute Gasteiger partial charge is 0.379 e. The van der Waals surface area contributed by atoms with Crippen molar-refractivity contribution in [1.29, 1.82) is 0 Å². The number of carbonyl (C=O) groups is 3. The molecule has 3 unspecified atom stereocenters. The number of pyridine rings is 1. The monoisotopic (exact) mass is 851 g/mol. The third-order valence-electron chi connectivity index (χ3n) is 12.8. The zero-order chi connectivity index (χ0) is 43.2. The highest BCUT2D eigenvalue weighted by Gasteiger charge is 2.36. The molecule has 5 N–H and O–H groups in total. The average molecular weight is 852 g/mol. The second-order valence-corrected chi connectivity index (χ2v) is 16.7. The van der Waals surface area contributed by atoms with Crippen molar-refractivity contribution in [3.8, 4) is 11.1 Å². The molecule has 16 nitrogen and oxygen atoms in total. The van der Waals surface area contributed by atoms with E-state index in [1.54, 1.807) is 61.5 Å². The van der Waals surface area contributed by atoms with Gasteiger partial charge in [-0.15, -0.1) is 0 Å². The SMILES string of the molecule is CC(O)N1CCc2c(c(N3CCCc4cc(-c5cnn(C)c5)c(C(F)F)cc43)nn2C2CCN(C(=O)CNc3ccc(C(=O)NC4CCC(=O)NC4O)c4ncccc34)CC2)C1. The Hall–Kier alpha value is -5.98. The Morgan fingerprint density at radius 3 is 2.61 bits per heavy atom. The van der Waals surface area contributed by atoms with Crippen molar-refractivity contribution in [2.24, 2.45) is 7.05 Å². The zero-order valence-corrected chi connectivity index (χ0v) is 34.7. The first kappa shape index (κ1) is 41.4. The van der Waals surface area contributed by atoms with Crippen LogP contribution in [0.1, 0.15) is 84.2 Å². The molecule has 9 rings (SSSR count). The van der Waals surface area contributed by atoms with Crippen LogP contribution in [-0.4, -0.2) is 114 Å². The van der Waals surface area contributed by atoms with Crippen molar-refractivity contribution in [1.82, 2.24) is 45.0 Å². The zero-order valence-electron chi connectivity index (χ0n) is 34.7. The van der Waals surface area contributed by atoms with Crippen LogP contribution in [0.2, 0.25) is 0 Å². The number of rotatable bonds is 10. The van der Waals surface area contributed by atoms with Gasteiger partial charge in [-0.1, -0.05) is 0 Å². The Kier molecular flexibility index (Phi) is 11.4. The van der Waals surface area contributed by atoms with Gasteiger partial charge in [0.05, 0.1) is 35.9 Å². The molecule has 0 aliphatic carbocycles. The minimum Gasteiger partial charge on any atom is -0.379 e. The minimum absolute atomic E-state index is 0.0150. The van der Waals surface area contributed by atoms with E-state index in [2.05, 4.69) is 35.6 Å².